The zero-order valence-electron chi connectivity index (χ0n) is 17.5. The summed E-state index contributed by atoms with van der Waals surface area (Å²) in [5.41, 5.74) is 4.50. The highest BCUT2D eigenvalue weighted by Crippen LogP contribution is 2.29. The maximum atomic E-state index is 13.2. The molecule has 0 saturated carbocycles. The molecular weight excluding hydrogens is 396 g/mol. The van der Waals surface area contributed by atoms with Gasteiger partial charge < -0.3 is 10.6 Å². The molecule has 30 heavy (non-hydrogen) atoms. The van der Waals surface area contributed by atoms with Crippen LogP contribution in [0.25, 0.3) is 16.9 Å². The second kappa shape index (κ2) is 9.45. The van der Waals surface area contributed by atoms with Crippen LogP contribution in [0.1, 0.15) is 35.7 Å². The second-order valence-corrected chi connectivity index (χ2v) is 8.23. The van der Waals surface area contributed by atoms with Gasteiger partial charge in [-0.05, 0) is 56.0 Å². The number of amides is 1. The Hall–Kier alpha value is -2.63. The van der Waals surface area contributed by atoms with Crippen LogP contribution in [0.2, 0.25) is 0 Å². The summed E-state index contributed by atoms with van der Waals surface area (Å²) in [5, 5.41) is 11.4. The summed E-state index contributed by atoms with van der Waals surface area (Å²) in [7, 11) is 0. The van der Waals surface area contributed by atoms with Crippen molar-refractivity contribution in [3.8, 4) is 16.9 Å². The Morgan fingerprint density at radius 2 is 1.77 bits per heavy atom. The number of para-hydroxylation sites is 1. The molecule has 3 aromatic rings. The first-order valence-corrected chi connectivity index (χ1v) is 10.3. The monoisotopic (exact) mass is 424 g/mol. The van der Waals surface area contributed by atoms with E-state index in [4.69, 9.17) is 5.10 Å². The first kappa shape index (κ1) is 22.1. The molecule has 2 heterocycles. The Morgan fingerprint density at radius 3 is 2.47 bits per heavy atom. The minimum atomic E-state index is -0.0646. The normalized spacial score (nSPS) is 15.3. The number of nitrogens with zero attached hydrogens (tertiary/aromatic N) is 2. The molecule has 2 aromatic carbocycles. The van der Waals surface area contributed by atoms with E-state index in [0.29, 0.717) is 12.1 Å². The smallest absolute Gasteiger partial charge is 0.255 e. The number of carbonyl (C=O) groups is 1. The number of aromatic nitrogens is 2. The summed E-state index contributed by atoms with van der Waals surface area (Å²) < 4.78 is 1.79. The lowest BCUT2D eigenvalue weighted by atomic mass is 9.81. The topological polar surface area (TPSA) is 59.0 Å². The molecule has 1 aliphatic heterocycles. The molecule has 1 amide bonds. The molecule has 0 unspecified atom stereocenters. The lowest BCUT2D eigenvalue weighted by Crippen LogP contribution is -2.42. The van der Waals surface area contributed by atoms with E-state index in [-0.39, 0.29) is 23.7 Å². The highest BCUT2D eigenvalue weighted by atomic mass is 35.5. The van der Waals surface area contributed by atoms with E-state index < -0.39 is 0 Å². The van der Waals surface area contributed by atoms with Crippen LogP contribution in [-0.4, -0.2) is 35.3 Å². The van der Waals surface area contributed by atoms with Crippen molar-refractivity contribution in [3.05, 3.63) is 71.9 Å². The minimum Gasteiger partial charge on any atom is -0.351 e. The lowest BCUT2D eigenvalue weighted by Gasteiger charge is -2.34. The molecule has 0 spiro atoms. The third kappa shape index (κ3) is 4.74. The molecule has 0 aliphatic carbocycles. The van der Waals surface area contributed by atoms with E-state index in [0.717, 1.165) is 48.4 Å². The first-order valence-electron chi connectivity index (χ1n) is 10.3. The van der Waals surface area contributed by atoms with Gasteiger partial charge in [-0.1, -0.05) is 49.4 Å². The number of benzene rings is 2. The van der Waals surface area contributed by atoms with Gasteiger partial charge in [0.15, 0.2) is 0 Å². The van der Waals surface area contributed by atoms with Crippen molar-refractivity contribution < 1.29 is 4.79 Å². The summed E-state index contributed by atoms with van der Waals surface area (Å²) in [6.45, 7) is 7.00. The van der Waals surface area contributed by atoms with Crippen molar-refractivity contribution in [2.75, 3.05) is 19.6 Å². The van der Waals surface area contributed by atoms with E-state index in [2.05, 4.69) is 30.5 Å². The molecule has 1 aliphatic rings. The number of aryl methyl sites for hydroxylation is 1. The summed E-state index contributed by atoms with van der Waals surface area (Å²) in [5.74, 6) is -0.0646. The van der Waals surface area contributed by atoms with Gasteiger partial charge in [0.1, 0.15) is 5.69 Å². The van der Waals surface area contributed by atoms with E-state index in [1.165, 1.54) is 0 Å². The summed E-state index contributed by atoms with van der Waals surface area (Å²) in [6.07, 6.45) is 3.99. The van der Waals surface area contributed by atoms with Gasteiger partial charge in [0, 0.05) is 18.3 Å². The van der Waals surface area contributed by atoms with Crippen molar-refractivity contribution >= 4 is 18.3 Å². The number of rotatable bonds is 5. The summed E-state index contributed by atoms with van der Waals surface area (Å²) in [4.78, 5) is 13.2. The molecule has 0 atom stereocenters. The average molecular weight is 425 g/mol. The molecule has 0 bridgehead atoms. The highest BCUT2D eigenvalue weighted by Gasteiger charge is 2.28. The van der Waals surface area contributed by atoms with Crippen LogP contribution in [0.4, 0.5) is 0 Å². The Bertz CT molecular complexity index is 993. The predicted molar refractivity (Wildman–Crippen MR) is 124 cm³/mol. The molecule has 1 saturated heterocycles. The molecule has 158 valence electrons. The maximum Gasteiger partial charge on any atom is 0.255 e. The van der Waals surface area contributed by atoms with Crippen LogP contribution < -0.4 is 10.6 Å². The van der Waals surface area contributed by atoms with Crippen LogP contribution in [0.15, 0.2) is 60.8 Å². The summed E-state index contributed by atoms with van der Waals surface area (Å²) in [6, 6.07) is 18.0. The fraction of sp³-hybridized carbons (Fsp3) is 0.333. The SMILES string of the molecule is Cc1ccccc1-c1nn(-c2ccccc2)cc1C(=O)NCC1(C)CCNCC1.Cl. The Morgan fingerprint density at radius 1 is 1.10 bits per heavy atom. The fourth-order valence-electron chi connectivity index (χ4n) is 3.89. The largest absolute Gasteiger partial charge is 0.351 e. The predicted octanol–water partition coefficient (Wildman–Crippen LogP) is 4.39. The van der Waals surface area contributed by atoms with Crippen LogP contribution in [0.3, 0.4) is 0 Å². The zero-order chi connectivity index (χ0) is 20.3. The van der Waals surface area contributed by atoms with Crippen LogP contribution >= 0.6 is 12.4 Å². The van der Waals surface area contributed by atoms with Gasteiger partial charge in [-0.15, -0.1) is 12.4 Å². The van der Waals surface area contributed by atoms with Crippen LogP contribution in [-0.2, 0) is 0 Å². The standard InChI is InChI=1S/C24H28N4O.ClH/c1-18-8-6-7-11-20(18)22-21(16-28(27-22)19-9-4-3-5-10-19)23(29)26-17-24(2)12-14-25-15-13-24;/h3-11,16,25H,12-15,17H2,1-2H3,(H,26,29);1H. The van der Waals surface area contributed by atoms with Crippen LogP contribution in [0.5, 0.6) is 0 Å². The van der Waals surface area contributed by atoms with Crippen LogP contribution in [0, 0.1) is 12.3 Å². The third-order valence-electron chi connectivity index (χ3n) is 5.87. The molecule has 5 nitrogen and oxygen atoms in total. The quantitative estimate of drug-likeness (QED) is 0.638. The molecular formula is C24H29ClN4O. The number of carbonyl (C=O) groups excluding carboxylic acids is 1. The van der Waals surface area contributed by atoms with Gasteiger partial charge >= 0.3 is 0 Å². The van der Waals surface area contributed by atoms with Crippen molar-refractivity contribution in [1.29, 1.82) is 0 Å². The Kier molecular flexibility index (Phi) is 6.95. The summed E-state index contributed by atoms with van der Waals surface area (Å²) >= 11 is 0. The molecule has 6 heteroatoms. The third-order valence-corrected chi connectivity index (χ3v) is 5.87. The molecule has 1 fully saturated rings. The molecule has 2 N–H and O–H groups in total. The van der Waals surface area contributed by atoms with Crippen molar-refractivity contribution in [2.24, 2.45) is 5.41 Å². The number of halogens is 1. The van der Waals surface area contributed by atoms with E-state index >= 15 is 0 Å². The van der Waals surface area contributed by atoms with E-state index in [1.54, 1.807) is 4.68 Å². The van der Waals surface area contributed by atoms with Gasteiger partial charge in [-0.3, -0.25) is 4.79 Å². The number of piperidine rings is 1. The van der Waals surface area contributed by atoms with Gasteiger partial charge in [-0.2, -0.15) is 5.10 Å². The molecule has 1 aromatic heterocycles. The van der Waals surface area contributed by atoms with E-state index in [9.17, 15) is 4.79 Å². The fourth-order valence-corrected chi connectivity index (χ4v) is 3.89. The van der Waals surface area contributed by atoms with Crippen molar-refractivity contribution in [1.82, 2.24) is 20.4 Å². The lowest BCUT2D eigenvalue weighted by molar-refractivity contribution is 0.0923. The second-order valence-electron chi connectivity index (χ2n) is 8.23. The molecule has 0 radical (unpaired) electrons. The van der Waals surface area contributed by atoms with E-state index in [1.807, 2.05) is 54.7 Å². The Labute approximate surface area is 184 Å². The highest BCUT2D eigenvalue weighted by molar-refractivity contribution is 6.00. The van der Waals surface area contributed by atoms with Crippen molar-refractivity contribution in [3.63, 3.8) is 0 Å². The van der Waals surface area contributed by atoms with Gasteiger partial charge in [-0.25, -0.2) is 4.68 Å². The first-order chi connectivity index (χ1) is 14.1. The average Bonchev–Trinajstić information content (AvgIpc) is 3.19. The van der Waals surface area contributed by atoms with Gasteiger partial charge in [0.2, 0.25) is 0 Å². The van der Waals surface area contributed by atoms with Gasteiger partial charge in [0.25, 0.3) is 5.91 Å². The van der Waals surface area contributed by atoms with Gasteiger partial charge in [0.05, 0.1) is 11.3 Å². The number of hydrogen-bond donors (Lipinski definition) is 2. The van der Waals surface area contributed by atoms with Crippen molar-refractivity contribution in [2.45, 2.75) is 26.7 Å². The number of nitrogens with one attached hydrogen (secondary N) is 2. The Balaban J connectivity index is 0.00000256. The minimum absolute atomic E-state index is 0. The molecule has 4 rings (SSSR count). The maximum absolute atomic E-state index is 13.2. The number of hydrogen-bond acceptors (Lipinski definition) is 3. The zero-order valence-corrected chi connectivity index (χ0v) is 18.3.